The molecule has 110 valence electrons. The molecule has 0 aliphatic rings. The normalized spacial score (nSPS) is 12.5. The van der Waals surface area contributed by atoms with E-state index in [0.717, 1.165) is 0 Å². The van der Waals surface area contributed by atoms with Crippen LogP contribution in [0.5, 0.6) is 0 Å². The summed E-state index contributed by atoms with van der Waals surface area (Å²) in [5, 5.41) is 17.3. The first-order chi connectivity index (χ1) is 8.60. The number of carboxylic acids is 1. The highest BCUT2D eigenvalue weighted by atomic mass is 32.2. The fourth-order valence-corrected chi connectivity index (χ4v) is 1.60. The van der Waals surface area contributed by atoms with Gasteiger partial charge in [0.1, 0.15) is 0 Å². The van der Waals surface area contributed by atoms with Gasteiger partial charge in [-0.15, -0.1) is 0 Å². The van der Waals surface area contributed by atoms with E-state index >= 15 is 0 Å². The SMILES string of the molecule is CC(CC(=O)O)CC(=O)NC(=O)NCCS(N)(=O)=O. The second-order valence-electron chi connectivity index (χ2n) is 4.08. The van der Waals surface area contributed by atoms with Crippen LogP contribution in [-0.4, -0.2) is 43.7 Å². The number of carbonyl (C=O) groups is 3. The number of urea groups is 1. The lowest BCUT2D eigenvalue weighted by atomic mass is 10.0. The van der Waals surface area contributed by atoms with Crippen LogP contribution in [0.1, 0.15) is 19.8 Å². The highest BCUT2D eigenvalue weighted by Gasteiger charge is 2.14. The molecule has 0 bridgehead atoms. The maximum absolute atomic E-state index is 11.3. The van der Waals surface area contributed by atoms with Gasteiger partial charge >= 0.3 is 12.0 Å². The Hall–Kier alpha value is -1.68. The van der Waals surface area contributed by atoms with Crippen LogP contribution < -0.4 is 15.8 Å². The number of aliphatic carboxylic acids is 1. The zero-order chi connectivity index (χ0) is 15.1. The largest absolute Gasteiger partial charge is 0.481 e. The summed E-state index contributed by atoms with van der Waals surface area (Å²) in [5.74, 6) is -2.52. The van der Waals surface area contributed by atoms with E-state index in [0.29, 0.717) is 0 Å². The third-order valence-electron chi connectivity index (χ3n) is 1.98. The summed E-state index contributed by atoms with van der Waals surface area (Å²) in [4.78, 5) is 32.8. The topological polar surface area (TPSA) is 156 Å². The van der Waals surface area contributed by atoms with Gasteiger partial charge in [0.05, 0.1) is 5.75 Å². The fourth-order valence-electron chi connectivity index (χ4n) is 1.22. The Balaban J connectivity index is 3.93. The molecule has 1 unspecified atom stereocenters. The van der Waals surface area contributed by atoms with Crippen molar-refractivity contribution in [2.75, 3.05) is 12.3 Å². The van der Waals surface area contributed by atoms with Gasteiger partial charge in [-0.25, -0.2) is 18.4 Å². The molecular weight excluding hydrogens is 278 g/mol. The highest BCUT2D eigenvalue weighted by Crippen LogP contribution is 2.06. The average Bonchev–Trinajstić information content (AvgIpc) is 2.12. The lowest BCUT2D eigenvalue weighted by Crippen LogP contribution is -2.42. The Bertz CT molecular complexity index is 447. The van der Waals surface area contributed by atoms with Crippen LogP contribution in [0.15, 0.2) is 0 Å². The summed E-state index contributed by atoms with van der Waals surface area (Å²) in [7, 11) is -3.67. The van der Waals surface area contributed by atoms with Crippen LogP contribution in [0.2, 0.25) is 0 Å². The number of nitrogens with one attached hydrogen (secondary N) is 2. The van der Waals surface area contributed by atoms with E-state index in [2.05, 4.69) is 5.32 Å². The van der Waals surface area contributed by atoms with Crippen LogP contribution in [-0.2, 0) is 19.6 Å². The summed E-state index contributed by atoms with van der Waals surface area (Å²) >= 11 is 0. The van der Waals surface area contributed by atoms with Gasteiger partial charge in [-0.1, -0.05) is 6.92 Å². The molecule has 0 aromatic rings. The lowest BCUT2D eigenvalue weighted by molar-refractivity contribution is -0.138. The van der Waals surface area contributed by atoms with Crippen molar-refractivity contribution in [3.05, 3.63) is 0 Å². The minimum Gasteiger partial charge on any atom is -0.481 e. The van der Waals surface area contributed by atoms with Crippen molar-refractivity contribution in [2.45, 2.75) is 19.8 Å². The first kappa shape index (κ1) is 17.3. The Morgan fingerprint density at radius 3 is 2.32 bits per heavy atom. The Labute approximate surface area is 110 Å². The van der Waals surface area contributed by atoms with E-state index in [1.807, 2.05) is 5.32 Å². The first-order valence-electron chi connectivity index (χ1n) is 5.40. The van der Waals surface area contributed by atoms with E-state index in [-0.39, 0.29) is 19.4 Å². The van der Waals surface area contributed by atoms with Gasteiger partial charge < -0.3 is 10.4 Å². The number of amides is 3. The molecular formula is C9H17N3O6S. The molecule has 0 aliphatic carbocycles. The maximum Gasteiger partial charge on any atom is 0.321 e. The van der Waals surface area contributed by atoms with E-state index in [9.17, 15) is 22.8 Å². The summed E-state index contributed by atoms with van der Waals surface area (Å²) in [6.07, 6.45) is -0.296. The number of nitrogens with two attached hydrogens (primary N) is 1. The average molecular weight is 295 g/mol. The molecule has 0 heterocycles. The molecule has 0 rings (SSSR count). The Morgan fingerprint density at radius 1 is 1.26 bits per heavy atom. The summed E-state index contributed by atoms with van der Waals surface area (Å²) in [6.45, 7) is 1.34. The van der Waals surface area contributed by atoms with Crippen molar-refractivity contribution >= 4 is 27.9 Å². The van der Waals surface area contributed by atoms with E-state index in [1.54, 1.807) is 6.92 Å². The van der Waals surface area contributed by atoms with Crippen molar-refractivity contribution in [3.63, 3.8) is 0 Å². The quantitative estimate of drug-likeness (QED) is 0.452. The van der Waals surface area contributed by atoms with Gasteiger partial charge in [0.2, 0.25) is 15.9 Å². The zero-order valence-corrected chi connectivity index (χ0v) is 11.2. The fraction of sp³-hybridized carbons (Fsp3) is 0.667. The molecule has 0 aliphatic heterocycles. The molecule has 0 aromatic heterocycles. The molecule has 1 atom stereocenters. The highest BCUT2D eigenvalue weighted by molar-refractivity contribution is 7.89. The van der Waals surface area contributed by atoms with Gasteiger partial charge in [-0.05, 0) is 5.92 Å². The maximum atomic E-state index is 11.3. The number of hydrogen-bond acceptors (Lipinski definition) is 5. The van der Waals surface area contributed by atoms with Gasteiger partial charge in [-0.3, -0.25) is 14.9 Å². The zero-order valence-electron chi connectivity index (χ0n) is 10.4. The molecule has 10 heteroatoms. The lowest BCUT2D eigenvalue weighted by Gasteiger charge is -2.09. The van der Waals surface area contributed by atoms with Crippen LogP contribution in [0.3, 0.4) is 0 Å². The predicted octanol–water partition coefficient (Wildman–Crippen LogP) is -1.40. The molecule has 0 saturated heterocycles. The summed E-state index contributed by atoms with van der Waals surface area (Å²) < 4.78 is 21.1. The first-order valence-corrected chi connectivity index (χ1v) is 7.11. The number of rotatable bonds is 7. The van der Waals surface area contributed by atoms with Crippen LogP contribution >= 0.6 is 0 Å². The molecule has 9 nitrogen and oxygen atoms in total. The van der Waals surface area contributed by atoms with Crippen molar-refractivity contribution in [2.24, 2.45) is 11.1 Å². The summed E-state index contributed by atoms with van der Waals surface area (Å²) in [6, 6.07) is -0.851. The molecule has 0 radical (unpaired) electrons. The van der Waals surface area contributed by atoms with Crippen molar-refractivity contribution < 1.29 is 27.9 Å². The number of primary sulfonamides is 1. The van der Waals surface area contributed by atoms with Crippen LogP contribution in [0, 0.1) is 5.92 Å². The van der Waals surface area contributed by atoms with E-state index < -0.39 is 39.6 Å². The molecule has 19 heavy (non-hydrogen) atoms. The Morgan fingerprint density at radius 2 is 1.84 bits per heavy atom. The molecule has 0 saturated carbocycles. The van der Waals surface area contributed by atoms with Gasteiger partial charge in [-0.2, -0.15) is 0 Å². The van der Waals surface area contributed by atoms with Crippen molar-refractivity contribution in [3.8, 4) is 0 Å². The van der Waals surface area contributed by atoms with Gasteiger partial charge in [0, 0.05) is 19.4 Å². The van der Waals surface area contributed by atoms with Gasteiger partial charge in [0.15, 0.2) is 0 Å². The number of imide groups is 1. The molecule has 0 spiro atoms. The number of carbonyl (C=O) groups excluding carboxylic acids is 2. The number of sulfonamides is 1. The molecule has 0 aromatic carbocycles. The van der Waals surface area contributed by atoms with Crippen molar-refractivity contribution in [1.82, 2.24) is 10.6 Å². The molecule has 0 fully saturated rings. The minimum atomic E-state index is -3.67. The van der Waals surface area contributed by atoms with E-state index in [4.69, 9.17) is 10.2 Å². The van der Waals surface area contributed by atoms with Crippen LogP contribution in [0.4, 0.5) is 4.79 Å². The second kappa shape index (κ2) is 7.69. The van der Waals surface area contributed by atoms with Crippen molar-refractivity contribution in [1.29, 1.82) is 0 Å². The predicted molar refractivity (Wildman–Crippen MR) is 65.5 cm³/mol. The third-order valence-corrected chi connectivity index (χ3v) is 2.76. The third kappa shape index (κ3) is 11.2. The van der Waals surface area contributed by atoms with E-state index in [1.165, 1.54) is 0 Å². The standard InChI is InChI=1S/C9H17N3O6S/c1-6(5-8(14)15)4-7(13)12-9(16)11-2-3-19(10,17)18/h6H,2-5H2,1H3,(H,14,15)(H2,10,17,18)(H2,11,12,13,16). The molecule has 5 N–H and O–H groups in total. The minimum absolute atomic E-state index is 0.116. The monoisotopic (exact) mass is 295 g/mol. The number of hydrogen-bond donors (Lipinski definition) is 4. The molecule has 3 amide bonds. The second-order valence-corrected chi connectivity index (χ2v) is 5.81. The summed E-state index contributed by atoms with van der Waals surface area (Å²) in [5.41, 5.74) is 0. The van der Waals surface area contributed by atoms with Crippen LogP contribution in [0.25, 0.3) is 0 Å². The van der Waals surface area contributed by atoms with Gasteiger partial charge in [0.25, 0.3) is 0 Å². The smallest absolute Gasteiger partial charge is 0.321 e. The Kier molecular flexibility index (Phi) is 7.01. The number of carboxylic acid groups (broad SMARTS) is 1.